The van der Waals surface area contributed by atoms with Gasteiger partial charge in [-0.05, 0) is 95.1 Å². The largest absolute Gasteiger partial charge is 0.459 e. The van der Waals surface area contributed by atoms with Gasteiger partial charge >= 0.3 is 35.9 Å². The topological polar surface area (TPSA) is 188 Å². The summed E-state index contributed by atoms with van der Waals surface area (Å²) in [6.07, 6.45) is -13.0. The molecule has 0 bridgehead atoms. The maximum Gasteiger partial charge on any atom is 0.407 e. The van der Waals surface area contributed by atoms with E-state index < -0.39 is 179 Å². The van der Waals surface area contributed by atoms with Crippen LogP contribution in [-0.2, 0) is 38.0 Å². The van der Waals surface area contributed by atoms with Crippen molar-refractivity contribution in [1.82, 2.24) is 5.32 Å². The Hall–Kier alpha value is -9.55. The lowest BCUT2D eigenvalue weighted by Crippen LogP contribution is -2.63. The van der Waals surface area contributed by atoms with E-state index in [1.807, 2.05) is 17.4 Å². The van der Waals surface area contributed by atoms with Crippen molar-refractivity contribution in [3.8, 4) is 16.9 Å². The molecule has 7 aromatic rings. The highest BCUT2D eigenvalue weighted by atomic mass is 19.2. The molecule has 1 saturated heterocycles. The molecule has 0 radical (unpaired) electrons. The first-order valence-electron chi connectivity index (χ1n) is 24.3. The summed E-state index contributed by atoms with van der Waals surface area (Å²) in [5.74, 6) is -27.3. The highest BCUT2D eigenvalue weighted by Gasteiger charge is 2.54. The third kappa shape index (κ3) is 12.7. The Labute approximate surface area is 457 Å². The molecule has 0 spiro atoms. The van der Waals surface area contributed by atoms with Gasteiger partial charge in [0.2, 0.25) is 34.8 Å². The van der Waals surface area contributed by atoms with E-state index in [1.165, 1.54) is 0 Å². The fourth-order valence-electron chi connectivity index (χ4n) is 8.81. The van der Waals surface area contributed by atoms with E-state index in [0.717, 1.165) is 90.0 Å². The van der Waals surface area contributed by atoms with Crippen LogP contribution in [0.15, 0.2) is 146 Å². The number of halogens is 9. The summed E-state index contributed by atoms with van der Waals surface area (Å²) in [4.78, 5) is 83.4. The first kappa shape index (κ1) is 57.1. The molecule has 1 aliphatic heterocycles. The minimum Gasteiger partial charge on any atom is -0.459 e. The van der Waals surface area contributed by atoms with Gasteiger partial charge in [-0.25, -0.2) is 59.5 Å². The second-order valence-electron chi connectivity index (χ2n) is 18.0. The van der Waals surface area contributed by atoms with Crippen LogP contribution < -0.4 is 10.1 Å². The average Bonchev–Trinajstić information content (AvgIpc) is 3.79. The Kier molecular flexibility index (Phi) is 17.3. The summed E-state index contributed by atoms with van der Waals surface area (Å²) >= 11 is 0. The number of hydrogen-bond acceptors (Lipinski definition) is 14. The quantitative estimate of drug-likeness (QED) is 0.0227. The van der Waals surface area contributed by atoms with Gasteiger partial charge in [0.1, 0.15) is 42.6 Å². The van der Waals surface area contributed by atoms with Crippen molar-refractivity contribution in [2.24, 2.45) is 0 Å². The molecule has 9 rings (SSSR count). The minimum absolute atomic E-state index is 0.401. The van der Waals surface area contributed by atoms with Crippen molar-refractivity contribution in [3.63, 3.8) is 0 Å². The van der Waals surface area contributed by atoms with E-state index in [-0.39, 0.29) is 0 Å². The van der Waals surface area contributed by atoms with Gasteiger partial charge in [-0.2, -0.15) is 8.78 Å². The van der Waals surface area contributed by atoms with Crippen molar-refractivity contribution in [2.75, 3.05) is 19.8 Å². The van der Waals surface area contributed by atoms with E-state index >= 15 is 8.78 Å². The number of carbonyl (C=O) groups is 6. The van der Waals surface area contributed by atoms with Gasteiger partial charge in [0.25, 0.3) is 0 Å². The smallest absolute Gasteiger partial charge is 0.407 e. The number of alkyl carbamates (subject to hydrolysis) is 1. The molecule has 1 fully saturated rings. The summed E-state index contributed by atoms with van der Waals surface area (Å²) in [7, 11) is 0. The Bertz CT molecular complexity index is 3550. The monoisotopic (exact) mass is 1140 g/mol. The van der Waals surface area contributed by atoms with Gasteiger partial charge in [-0.1, -0.05) is 72.8 Å². The van der Waals surface area contributed by atoms with Gasteiger partial charge in [0.05, 0.1) is 28.9 Å². The second kappa shape index (κ2) is 24.9. The molecule has 7 aromatic carbocycles. The second-order valence-corrected chi connectivity index (χ2v) is 18.0. The van der Waals surface area contributed by atoms with Crippen molar-refractivity contribution >= 4 is 35.9 Å². The number of benzene rings is 7. The third-order valence-corrected chi connectivity index (χ3v) is 12.7. The summed E-state index contributed by atoms with van der Waals surface area (Å²) in [5, 5.41) is 2.02. The number of ether oxygens (including phenoxy) is 8. The van der Waals surface area contributed by atoms with Crippen LogP contribution in [0.25, 0.3) is 11.1 Å². The lowest BCUT2D eigenvalue weighted by atomic mass is 9.97. The molecular weight excluding hydrogens is 1110 g/mol. The van der Waals surface area contributed by atoms with E-state index in [9.17, 15) is 59.5 Å². The maximum atomic E-state index is 15.1. The Morgan fingerprint density at radius 2 is 0.890 bits per heavy atom. The molecule has 1 amide bonds. The lowest BCUT2D eigenvalue weighted by Gasteiger charge is -2.44. The Morgan fingerprint density at radius 3 is 1.37 bits per heavy atom. The van der Waals surface area contributed by atoms with E-state index in [0.29, 0.717) is 29.3 Å². The number of fused-ring (bicyclic) bond motifs is 3. The maximum absolute atomic E-state index is 15.1. The van der Waals surface area contributed by atoms with Gasteiger partial charge in [-0.3, -0.25) is 0 Å². The molecule has 1 heterocycles. The standard InChI is InChI=1S/C58H38F9NO14/c59-32-13-5-9-28(21-32)52(69)75-27-42-48(79-53(70)29-10-6-14-33(60)22-29)50(81-54(71)30-11-7-15-34(61)23-30)51(82-55(72)31-12-8-16-35(62)24-31)57(78-42)76-26-41(56(73)80-49-46(66)44(64)43(63)45(65)47(49)67)68-58(74)77-25-40-38-19-3-1-17-36(38)37-18-2-4-20-39(37)40/h1-24,40-42,48,50-51,57H,25-27H2,(H,68,74)/t41-,42+,48+,50-,51+,57+/m0/s1. The van der Waals surface area contributed by atoms with E-state index in [2.05, 4.69) is 0 Å². The van der Waals surface area contributed by atoms with Gasteiger partial charge < -0.3 is 43.2 Å². The van der Waals surface area contributed by atoms with Crippen molar-refractivity contribution in [3.05, 3.63) is 231 Å². The summed E-state index contributed by atoms with van der Waals surface area (Å²) in [6.45, 7) is -3.02. The minimum atomic E-state index is -2.64. The van der Waals surface area contributed by atoms with Crippen LogP contribution in [0.2, 0.25) is 0 Å². The third-order valence-electron chi connectivity index (χ3n) is 12.7. The molecule has 1 N–H and O–H groups in total. The molecule has 24 heteroatoms. The molecule has 1 aliphatic carbocycles. The van der Waals surface area contributed by atoms with E-state index in [1.54, 1.807) is 36.4 Å². The number of amides is 1. The SMILES string of the molecule is O=C(N[C@@H](CO[C@@H]1O[C@H](COC(=O)c2cccc(F)c2)[C@@H](OC(=O)c2cccc(F)c2)[C@H](OC(=O)c2cccc(F)c2)[C@H]1OC(=O)c1cccc(F)c1)C(=O)Oc1c(F)c(F)c(F)c(F)c1F)OCC1c2ccccc2-c2ccccc21. The fraction of sp³-hybridized carbons (Fsp3) is 0.172. The number of esters is 5. The summed E-state index contributed by atoms with van der Waals surface area (Å²) < 4.78 is 176. The zero-order valence-corrected chi connectivity index (χ0v) is 41.6. The van der Waals surface area contributed by atoms with Crippen molar-refractivity contribution in [2.45, 2.75) is 42.7 Å². The summed E-state index contributed by atoms with van der Waals surface area (Å²) in [6, 6.07) is 27.0. The molecule has 422 valence electrons. The lowest BCUT2D eigenvalue weighted by molar-refractivity contribution is -0.299. The first-order chi connectivity index (χ1) is 39.3. The summed E-state index contributed by atoms with van der Waals surface area (Å²) in [5.41, 5.74) is 0.976. The van der Waals surface area contributed by atoms with Crippen LogP contribution in [0.1, 0.15) is 58.5 Å². The molecule has 0 saturated carbocycles. The molecule has 15 nitrogen and oxygen atoms in total. The predicted octanol–water partition coefficient (Wildman–Crippen LogP) is 10.0. The van der Waals surface area contributed by atoms with Crippen LogP contribution in [0.3, 0.4) is 0 Å². The predicted molar refractivity (Wildman–Crippen MR) is 262 cm³/mol. The molecule has 6 atom stereocenters. The van der Waals surface area contributed by atoms with Crippen LogP contribution >= 0.6 is 0 Å². The molecule has 2 aliphatic rings. The highest BCUT2D eigenvalue weighted by Crippen LogP contribution is 2.44. The van der Waals surface area contributed by atoms with Crippen LogP contribution in [0.5, 0.6) is 5.75 Å². The number of nitrogens with one attached hydrogen (secondary N) is 1. The first-order valence-corrected chi connectivity index (χ1v) is 24.3. The number of rotatable bonds is 17. The van der Waals surface area contributed by atoms with Crippen LogP contribution in [0, 0.1) is 52.4 Å². The number of carbonyl (C=O) groups excluding carboxylic acids is 6. The van der Waals surface area contributed by atoms with E-state index in [4.69, 9.17) is 37.9 Å². The zero-order chi connectivity index (χ0) is 58.4. The normalized spacial score (nSPS) is 17.5. The fourth-order valence-corrected chi connectivity index (χ4v) is 8.81. The average molecular weight is 1140 g/mol. The number of hydrogen-bond donors (Lipinski definition) is 1. The molecule has 0 aromatic heterocycles. The Morgan fingerprint density at radius 1 is 0.463 bits per heavy atom. The highest BCUT2D eigenvalue weighted by molar-refractivity contribution is 5.92. The van der Waals surface area contributed by atoms with Gasteiger partial charge in [0.15, 0.2) is 30.6 Å². The van der Waals surface area contributed by atoms with Gasteiger partial charge in [-0.15, -0.1) is 0 Å². The van der Waals surface area contributed by atoms with Crippen molar-refractivity contribution in [1.29, 1.82) is 0 Å². The van der Waals surface area contributed by atoms with Crippen molar-refractivity contribution < 1.29 is 106 Å². The molecular formula is C58H38F9NO14. The van der Waals surface area contributed by atoms with Crippen LogP contribution in [-0.4, -0.2) is 92.5 Å². The zero-order valence-electron chi connectivity index (χ0n) is 41.6. The Balaban J connectivity index is 1.10. The molecule has 82 heavy (non-hydrogen) atoms. The van der Waals surface area contributed by atoms with Gasteiger partial charge in [0, 0.05) is 5.92 Å². The molecule has 0 unspecified atom stereocenters. The van der Waals surface area contributed by atoms with Crippen LogP contribution in [0.4, 0.5) is 44.3 Å².